The highest BCUT2D eigenvalue weighted by Crippen LogP contribution is 2.13. The van der Waals surface area contributed by atoms with Crippen molar-refractivity contribution >= 4 is 17.4 Å². The van der Waals surface area contributed by atoms with Crippen LogP contribution in [0.2, 0.25) is 0 Å². The molecule has 0 unspecified atom stereocenters. The minimum Gasteiger partial charge on any atom is -0.325 e. The Morgan fingerprint density at radius 2 is 2.24 bits per heavy atom. The Bertz CT molecular complexity index is 437. The molecule has 2 rings (SSSR count). The number of benzene rings is 1. The van der Waals surface area contributed by atoms with E-state index < -0.39 is 0 Å². The van der Waals surface area contributed by atoms with Crippen molar-refractivity contribution in [3.63, 3.8) is 0 Å². The van der Waals surface area contributed by atoms with E-state index in [1.807, 2.05) is 0 Å². The summed E-state index contributed by atoms with van der Waals surface area (Å²) >= 11 is 0. The summed E-state index contributed by atoms with van der Waals surface area (Å²) in [6, 6.07) is 6.91. The Morgan fingerprint density at radius 1 is 1.41 bits per heavy atom. The summed E-state index contributed by atoms with van der Waals surface area (Å²) < 4.78 is 0. The summed E-state index contributed by atoms with van der Waals surface area (Å²) in [6.07, 6.45) is 1.91. The second kappa shape index (κ2) is 5.10. The number of amides is 1. The number of carbonyl (C=O) groups excluding carboxylic acids is 2. The van der Waals surface area contributed by atoms with Crippen LogP contribution in [-0.4, -0.2) is 24.3 Å². The van der Waals surface area contributed by atoms with Crippen LogP contribution in [0.25, 0.3) is 0 Å². The largest absolute Gasteiger partial charge is 0.325 e. The average Bonchev–Trinajstić information content (AvgIpc) is 2.82. The number of anilines is 1. The van der Waals surface area contributed by atoms with Gasteiger partial charge in [0.2, 0.25) is 5.91 Å². The predicted octanol–water partition coefficient (Wildman–Crippen LogP) is 1.58. The van der Waals surface area contributed by atoms with Crippen LogP contribution in [0, 0.1) is 0 Å². The van der Waals surface area contributed by atoms with Crippen LogP contribution < -0.4 is 10.6 Å². The van der Waals surface area contributed by atoms with E-state index in [9.17, 15) is 9.59 Å². The van der Waals surface area contributed by atoms with Gasteiger partial charge in [0, 0.05) is 11.3 Å². The zero-order valence-corrected chi connectivity index (χ0v) is 9.82. The molecule has 0 aromatic heterocycles. The number of nitrogens with one attached hydrogen (secondary N) is 2. The quantitative estimate of drug-likeness (QED) is 0.778. The van der Waals surface area contributed by atoms with Gasteiger partial charge in [0.25, 0.3) is 0 Å². The summed E-state index contributed by atoms with van der Waals surface area (Å²) in [4.78, 5) is 23.1. The first-order chi connectivity index (χ1) is 8.16. The van der Waals surface area contributed by atoms with E-state index in [-0.39, 0.29) is 17.7 Å². The topological polar surface area (TPSA) is 58.2 Å². The lowest BCUT2D eigenvalue weighted by Crippen LogP contribution is -2.35. The first-order valence-electron chi connectivity index (χ1n) is 5.82. The number of ketones is 1. The minimum atomic E-state index is -0.101. The molecule has 90 valence electrons. The molecule has 0 saturated carbocycles. The van der Waals surface area contributed by atoms with E-state index in [0.29, 0.717) is 11.3 Å². The number of hydrogen-bond donors (Lipinski definition) is 2. The van der Waals surface area contributed by atoms with Crippen LogP contribution in [0.15, 0.2) is 24.3 Å². The van der Waals surface area contributed by atoms with Gasteiger partial charge in [0.05, 0.1) is 6.04 Å². The zero-order chi connectivity index (χ0) is 12.3. The van der Waals surface area contributed by atoms with Crippen molar-refractivity contribution in [2.75, 3.05) is 11.9 Å². The summed E-state index contributed by atoms with van der Waals surface area (Å²) in [7, 11) is 0. The molecule has 4 nitrogen and oxygen atoms in total. The molecule has 1 aliphatic heterocycles. The van der Waals surface area contributed by atoms with Gasteiger partial charge in [-0.2, -0.15) is 0 Å². The lowest BCUT2D eigenvalue weighted by atomic mass is 10.1. The number of Topliss-reactive ketones (excluding diaryl/α,β-unsaturated/α-hetero) is 1. The SMILES string of the molecule is CC(=O)c1cccc(NC(=O)[C@H]2CCCN2)c1. The fourth-order valence-electron chi connectivity index (χ4n) is 1.95. The van der Waals surface area contributed by atoms with Gasteiger partial charge in [0.15, 0.2) is 5.78 Å². The third-order valence-corrected chi connectivity index (χ3v) is 2.91. The van der Waals surface area contributed by atoms with Gasteiger partial charge in [-0.15, -0.1) is 0 Å². The van der Waals surface area contributed by atoms with Crippen molar-refractivity contribution in [2.24, 2.45) is 0 Å². The second-order valence-electron chi connectivity index (χ2n) is 4.28. The van der Waals surface area contributed by atoms with Crippen molar-refractivity contribution < 1.29 is 9.59 Å². The molecule has 1 saturated heterocycles. The molecule has 1 aromatic carbocycles. The standard InChI is InChI=1S/C13H16N2O2/c1-9(16)10-4-2-5-11(8-10)15-13(17)12-6-3-7-14-12/h2,4-5,8,12,14H,3,6-7H2,1H3,(H,15,17)/t12-/m1/s1. The maximum Gasteiger partial charge on any atom is 0.241 e. The molecule has 0 radical (unpaired) electrons. The zero-order valence-electron chi connectivity index (χ0n) is 9.82. The molecule has 1 aromatic rings. The Kier molecular flexibility index (Phi) is 3.54. The average molecular weight is 232 g/mol. The third kappa shape index (κ3) is 2.91. The predicted molar refractivity (Wildman–Crippen MR) is 66.1 cm³/mol. The molecule has 0 bridgehead atoms. The molecule has 4 heteroatoms. The van der Waals surface area contributed by atoms with E-state index in [1.165, 1.54) is 6.92 Å². The molecule has 1 atom stereocenters. The molecular formula is C13H16N2O2. The number of hydrogen-bond acceptors (Lipinski definition) is 3. The molecule has 0 aliphatic carbocycles. The van der Waals surface area contributed by atoms with Crippen LogP contribution in [0.3, 0.4) is 0 Å². The maximum atomic E-state index is 11.8. The fourth-order valence-corrected chi connectivity index (χ4v) is 1.95. The van der Waals surface area contributed by atoms with E-state index >= 15 is 0 Å². The molecule has 1 aliphatic rings. The highest BCUT2D eigenvalue weighted by atomic mass is 16.2. The fraction of sp³-hybridized carbons (Fsp3) is 0.385. The first kappa shape index (κ1) is 11.8. The highest BCUT2D eigenvalue weighted by Gasteiger charge is 2.21. The van der Waals surface area contributed by atoms with Gasteiger partial charge in [-0.25, -0.2) is 0 Å². The van der Waals surface area contributed by atoms with Crippen molar-refractivity contribution in [1.82, 2.24) is 5.32 Å². The van der Waals surface area contributed by atoms with Gasteiger partial charge in [0.1, 0.15) is 0 Å². The Balaban J connectivity index is 2.05. The lowest BCUT2D eigenvalue weighted by Gasteiger charge is -2.11. The van der Waals surface area contributed by atoms with Crippen LogP contribution in [0.1, 0.15) is 30.1 Å². The molecule has 17 heavy (non-hydrogen) atoms. The second-order valence-corrected chi connectivity index (χ2v) is 4.28. The van der Waals surface area contributed by atoms with Gasteiger partial charge in [-0.05, 0) is 38.4 Å². The molecule has 1 fully saturated rings. The summed E-state index contributed by atoms with van der Waals surface area (Å²) in [5.41, 5.74) is 1.29. The molecule has 0 spiro atoms. The van der Waals surface area contributed by atoms with E-state index in [2.05, 4.69) is 10.6 Å². The Morgan fingerprint density at radius 3 is 2.88 bits per heavy atom. The van der Waals surface area contributed by atoms with Crippen molar-refractivity contribution in [3.8, 4) is 0 Å². The third-order valence-electron chi connectivity index (χ3n) is 2.91. The molecular weight excluding hydrogens is 216 g/mol. The monoisotopic (exact) mass is 232 g/mol. The van der Waals surface area contributed by atoms with Crippen molar-refractivity contribution in [1.29, 1.82) is 0 Å². The van der Waals surface area contributed by atoms with Crippen LogP contribution in [-0.2, 0) is 4.79 Å². The molecule has 2 N–H and O–H groups in total. The van der Waals surface area contributed by atoms with E-state index in [0.717, 1.165) is 19.4 Å². The summed E-state index contributed by atoms with van der Waals surface area (Å²) in [5.74, 6) is -0.0247. The van der Waals surface area contributed by atoms with Crippen LogP contribution >= 0.6 is 0 Å². The normalized spacial score (nSPS) is 19.0. The number of rotatable bonds is 3. The summed E-state index contributed by atoms with van der Waals surface area (Å²) in [6.45, 7) is 2.41. The van der Waals surface area contributed by atoms with Gasteiger partial charge < -0.3 is 10.6 Å². The Labute approximate surface area is 100 Å². The summed E-state index contributed by atoms with van der Waals surface area (Å²) in [5, 5.41) is 5.96. The smallest absolute Gasteiger partial charge is 0.241 e. The van der Waals surface area contributed by atoms with E-state index in [1.54, 1.807) is 24.3 Å². The minimum absolute atomic E-state index is 0.0000837. The lowest BCUT2D eigenvalue weighted by molar-refractivity contribution is -0.117. The first-order valence-corrected chi connectivity index (χ1v) is 5.82. The van der Waals surface area contributed by atoms with Crippen molar-refractivity contribution in [3.05, 3.63) is 29.8 Å². The van der Waals surface area contributed by atoms with Crippen LogP contribution in [0.5, 0.6) is 0 Å². The molecule has 1 amide bonds. The van der Waals surface area contributed by atoms with Gasteiger partial charge in [-0.3, -0.25) is 9.59 Å². The van der Waals surface area contributed by atoms with Gasteiger partial charge >= 0.3 is 0 Å². The van der Waals surface area contributed by atoms with E-state index in [4.69, 9.17) is 0 Å². The molecule has 1 heterocycles. The number of carbonyl (C=O) groups is 2. The van der Waals surface area contributed by atoms with Crippen LogP contribution in [0.4, 0.5) is 5.69 Å². The maximum absolute atomic E-state index is 11.8. The highest BCUT2D eigenvalue weighted by molar-refractivity contribution is 5.98. The Hall–Kier alpha value is -1.68. The van der Waals surface area contributed by atoms with Crippen molar-refractivity contribution in [2.45, 2.75) is 25.8 Å². The van der Waals surface area contributed by atoms with Gasteiger partial charge in [-0.1, -0.05) is 12.1 Å².